The number of hydrogen-bond acceptors (Lipinski definition) is 3. The lowest BCUT2D eigenvalue weighted by Gasteiger charge is -2.33. The number of nitrogens with zero attached hydrogens (tertiary/aromatic N) is 1. The average Bonchev–Trinajstić information content (AvgIpc) is 2.56. The van der Waals surface area contributed by atoms with E-state index in [2.05, 4.69) is 41.5 Å². The molecular formula is C18H22N2O. The van der Waals surface area contributed by atoms with Crippen LogP contribution < -0.4 is 10.1 Å². The van der Waals surface area contributed by atoms with Gasteiger partial charge in [-0.15, -0.1) is 0 Å². The van der Waals surface area contributed by atoms with Crippen molar-refractivity contribution in [1.82, 2.24) is 10.3 Å². The third kappa shape index (κ3) is 3.08. The Labute approximate surface area is 126 Å². The Hall–Kier alpha value is -1.87. The van der Waals surface area contributed by atoms with Gasteiger partial charge >= 0.3 is 0 Å². The second-order valence-corrected chi connectivity index (χ2v) is 5.50. The van der Waals surface area contributed by atoms with Crippen LogP contribution in [0.4, 0.5) is 0 Å². The van der Waals surface area contributed by atoms with Crippen LogP contribution in [0.1, 0.15) is 42.9 Å². The molecule has 3 heteroatoms. The summed E-state index contributed by atoms with van der Waals surface area (Å²) in [7, 11) is 0. The van der Waals surface area contributed by atoms with Gasteiger partial charge in [-0.1, -0.05) is 31.2 Å². The minimum atomic E-state index is 0.295. The van der Waals surface area contributed by atoms with Gasteiger partial charge in [0.05, 0.1) is 6.61 Å². The van der Waals surface area contributed by atoms with Crippen molar-refractivity contribution < 1.29 is 4.74 Å². The third-order valence-corrected chi connectivity index (χ3v) is 4.07. The summed E-state index contributed by atoms with van der Waals surface area (Å²) < 4.78 is 5.80. The quantitative estimate of drug-likeness (QED) is 0.908. The monoisotopic (exact) mass is 282 g/mol. The zero-order valence-electron chi connectivity index (χ0n) is 12.5. The predicted octanol–water partition coefficient (Wildman–Crippen LogP) is 3.69. The fourth-order valence-corrected chi connectivity index (χ4v) is 3.07. The lowest BCUT2D eigenvalue weighted by Crippen LogP contribution is -2.31. The van der Waals surface area contributed by atoms with Crippen LogP contribution in [0.15, 0.2) is 48.8 Å². The molecule has 1 aromatic heterocycles. The van der Waals surface area contributed by atoms with E-state index in [-0.39, 0.29) is 0 Å². The predicted molar refractivity (Wildman–Crippen MR) is 84.6 cm³/mol. The van der Waals surface area contributed by atoms with Crippen LogP contribution in [0, 0.1) is 0 Å². The Kier molecular flexibility index (Phi) is 4.51. The highest BCUT2D eigenvalue weighted by atomic mass is 16.5. The maximum Gasteiger partial charge on any atom is 0.122 e. The minimum absolute atomic E-state index is 0.295. The van der Waals surface area contributed by atoms with E-state index < -0.39 is 0 Å². The van der Waals surface area contributed by atoms with Crippen molar-refractivity contribution in [2.75, 3.05) is 13.2 Å². The molecule has 0 spiro atoms. The first-order chi connectivity index (χ1) is 10.4. The molecule has 1 aliphatic rings. The van der Waals surface area contributed by atoms with Gasteiger partial charge in [-0.2, -0.15) is 0 Å². The first kappa shape index (κ1) is 14.1. The number of rotatable bonds is 5. The molecule has 1 N–H and O–H groups in total. The van der Waals surface area contributed by atoms with E-state index in [1.807, 2.05) is 24.5 Å². The van der Waals surface area contributed by atoms with Crippen molar-refractivity contribution in [3.8, 4) is 5.75 Å². The van der Waals surface area contributed by atoms with E-state index in [0.29, 0.717) is 12.0 Å². The number of fused-ring (bicyclic) bond motifs is 1. The molecule has 0 saturated heterocycles. The van der Waals surface area contributed by atoms with Crippen molar-refractivity contribution in [2.24, 2.45) is 0 Å². The van der Waals surface area contributed by atoms with Crippen molar-refractivity contribution in [1.29, 1.82) is 0 Å². The molecule has 1 aromatic carbocycles. The molecule has 2 unspecified atom stereocenters. The van der Waals surface area contributed by atoms with Crippen LogP contribution in [0.3, 0.4) is 0 Å². The highest BCUT2D eigenvalue weighted by Crippen LogP contribution is 2.41. The fourth-order valence-electron chi connectivity index (χ4n) is 3.07. The highest BCUT2D eigenvalue weighted by molar-refractivity contribution is 5.40. The Bertz CT molecular complexity index is 570. The largest absolute Gasteiger partial charge is 0.493 e. The molecule has 0 fully saturated rings. The number of ether oxygens (including phenoxy) is 1. The lowest BCUT2D eigenvalue weighted by atomic mass is 9.83. The summed E-state index contributed by atoms with van der Waals surface area (Å²) >= 11 is 0. The molecule has 3 rings (SSSR count). The molecule has 110 valence electrons. The smallest absolute Gasteiger partial charge is 0.122 e. The molecule has 0 bridgehead atoms. The zero-order chi connectivity index (χ0) is 14.5. The van der Waals surface area contributed by atoms with Crippen LogP contribution in [0.5, 0.6) is 5.75 Å². The van der Waals surface area contributed by atoms with E-state index in [4.69, 9.17) is 4.74 Å². The van der Waals surface area contributed by atoms with Crippen LogP contribution in [0.25, 0.3) is 0 Å². The van der Waals surface area contributed by atoms with E-state index >= 15 is 0 Å². The molecule has 0 radical (unpaired) electrons. The lowest BCUT2D eigenvalue weighted by molar-refractivity contribution is 0.245. The Morgan fingerprint density at radius 2 is 2.19 bits per heavy atom. The standard InChI is InChI=1S/C18H22N2O/c1-2-10-20-18(14-6-5-11-19-13-14)16-9-12-21-17-8-4-3-7-15(16)17/h3-8,11,13,16,18,20H,2,9-10,12H2,1H3. The Morgan fingerprint density at radius 3 is 3.00 bits per heavy atom. The van der Waals surface area contributed by atoms with Crippen LogP contribution in [0.2, 0.25) is 0 Å². The van der Waals surface area contributed by atoms with Gasteiger partial charge in [-0.3, -0.25) is 4.98 Å². The van der Waals surface area contributed by atoms with Gasteiger partial charge in [0.25, 0.3) is 0 Å². The maximum absolute atomic E-state index is 5.80. The topological polar surface area (TPSA) is 34.2 Å². The van der Waals surface area contributed by atoms with Gasteiger partial charge in [0.15, 0.2) is 0 Å². The molecule has 0 aliphatic carbocycles. The fraction of sp³-hybridized carbons (Fsp3) is 0.389. The number of nitrogens with one attached hydrogen (secondary N) is 1. The number of hydrogen-bond donors (Lipinski definition) is 1. The van der Waals surface area contributed by atoms with E-state index in [1.165, 1.54) is 11.1 Å². The summed E-state index contributed by atoms with van der Waals surface area (Å²) in [6.45, 7) is 4.00. The first-order valence-electron chi connectivity index (χ1n) is 7.75. The summed E-state index contributed by atoms with van der Waals surface area (Å²) in [5, 5.41) is 3.70. The summed E-state index contributed by atoms with van der Waals surface area (Å²) in [6.07, 6.45) is 5.97. The van der Waals surface area contributed by atoms with Gasteiger partial charge in [0.1, 0.15) is 5.75 Å². The summed E-state index contributed by atoms with van der Waals surface area (Å²) in [4.78, 5) is 4.29. The van der Waals surface area contributed by atoms with Crippen LogP contribution in [-0.2, 0) is 0 Å². The van der Waals surface area contributed by atoms with Crippen molar-refractivity contribution in [2.45, 2.75) is 31.7 Å². The Balaban J connectivity index is 1.94. The van der Waals surface area contributed by atoms with Gasteiger partial charge in [-0.25, -0.2) is 0 Å². The summed E-state index contributed by atoms with van der Waals surface area (Å²) in [6, 6.07) is 12.9. The van der Waals surface area contributed by atoms with Crippen molar-refractivity contribution >= 4 is 0 Å². The first-order valence-corrected chi connectivity index (χ1v) is 7.75. The molecular weight excluding hydrogens is 260 g/mol. The van der Waals surface area contributed by atoms with E-state index in [1.54, 1.807) is 0 Å². The van der Waals surface area contributed by atoms with Gasteiger partial charge in [-0.05, 0) is 42.6 Å². The van der Waals surface area contributed by atoms with Gasteiger partial charge < -0.3 is 10.1 Å². The number of benzene rings is 1. The molecule has 2 aromatic rings. The van der Waals surface area contributed by atoms with E-state index in [0.717, 1.165) is 31.7 Å². The molecule has 1 aliphatic heterocycles. The van der Waals surface area contributed by atoms with Gasteiger partial charge in [0, 0.05) is 24.4 Å². The maximum atomic E-state index is 5.80. The SMILES string of the molecule is CCCNC(c1cccnc1)C1CCOc2ccccc21. The normalized spacial score (nSPS) is 18.6. The molecule has 2 heterocycles. The second kappa shape index (κ2) is 6.72. The molecule has 3 nitrogen and oxygen atoms in total. The van der Waals surface area contributed by atoms with Crippen molar-refractivity contribution in [3.05, 3.63) is 59.9 Å². The average molecular weight is 282 g/mol. The minimum Gasteiger partial charge on any atom is -0.493 e. The van der Waals surface area contributed by atoms with Crippen LogP contribution >= 0.6 is 0 Å². The Morgan fingerprint density at radius 1 is 1.29 bits per heavy atom. The molecule has 21 heavy (non-hydrogen) atoms. The van der Waals surface area contributed by atoms with Gasteiger partial charge in [0.2, 0.25) is 0 Å². The number of pyridine rings is 1. The van der Waals surface area contributed by atoms with E-state index in [9.17, 15) is 0 Å². The summed E-state index contributed by atoms with van der Waals surface area (Å²) in [5.41, 5.74) is 2.56. The second-order valence-electron chi connectivity index (χ2n) is 5.50. The highest BCUT2D eigenvalue weighted by Gasteiger charge is 2.29. The molecule has 2 atom stereocenters. The molecule has 0 saturated carbocycles. The summed E-state index contributed by atoms with van der Waals surface area (Å²) in [5.74, 6) is 1.46. The van der Waals surface area contributed by atoms with Crippen LogP contribution in [-0.4, -0.2) is 18.1 Å². The molecule has 0 amide bonds. The van der Waals surface area contributed by atoms with Crippen molar-refractivity contribution in [3.63, 3.8) is 0 Å². The third-order valence-electron chi connectivity index (χ3n) is 4.07. The zero-order valence-corrected chi connectivity index (χ0v) is 12.5. The number of para-hydroxylation sites is 1. The number of aromatic nitrogens is 1.